The van der Waals surface area contributed by atoms with Crippen LogP contribution in [0.5, 0.6) is 0 Å². The normalized spacial score (nSPS) is 12.0. The molecule has 0 saturated carbocycles. The number of benzene rings is 1. The predicted molar refractivity (Wildman–Crippen MR) is 87.6 cm³/mol. The number of hydrogen-bond donors (Lipinski definition) is 2. The number of nitrogens with one attached hydrogen (secondary N) is 2. The number of hydrogen-bond acceptors (Lipinski definition) is 4. The summed E-state index contributed by atoms with van der Waals surface area (Å²) in [7, 11) is 0. The van der Waals surface area contributed by atoms with Crippen LogP contribution in [0.2, 0.25) is 0 Å². The van der Waals surface area contributed by atoms with Gasteiger partial charge in [0.2, 0.25) is 0 Å². The summed E-state index contributed by atoms with van der Waals surface area (Å²) in [6.07, 6.45) is 3.41. The van der Waals surface area contributed by atoms with Crippen LogP contribution in [0.1, 0.15) is 23.5 Å². The summed E-state index contributed by atoms with van der Waals surface area (Å²) in [5.74, 6) is 0. The number of aromatic nitrogens is 2. The smallest absolute Gasteiger partial charge is 0.315 e. The Bertz CT molecular complexity index is 739. The molecule has 0 aliphatic rings. The summed E-state index contributed by atoms with van der Waals surface area (Å²) in [4.78, 5) is 20.5. The molecule has 0 spiro atoms. The third-order valence-electron chi connectivity index (χ3n) is 3.23. The van der Waals surface area contributed by atoms with E-state index >= 15 is 0 Å². The molecule has 2 N–H and O–H groups in total. The summed E-state index contributed by atoms with van der Waals surface area (Å²) in [5, 5.41) is 6.65. The van der Waals surface area contributed by atoms with Gasteiger partial charge in [0.1, 0.15) is 5.01 Å². The predicted octanol–water partition coefficient (Wildman–Crippen LogP) is 3.25. The second-order valence-corrected chi connectivity index (χ2v) is 5.99. The lowest BCUT2D eigenvalue weighted by Crippen LogP contribution is -2.36. The van der Waals surface area contributed by atoms with E-state index in [0.29, 0.717) is 6.54 Å². The first kappa shape index (κ1) is 14.5. The molecular weight excluding hydrogens is 296 g/mol. The van der Waals surface area contributed by atoms with Gasteiger partial charge in [-0.25, -0.2) is 9.78 Å². The third-order valence-corrected chi connectivity index (χ3v) is 4.45. The molecule has 3 rings (SSSR count). The fourth-order valence-corrected chi connectivity index (χ4v) is 3.04. The maximum absolute atomic E-state index is 12.0. The van der Waals surface area contributed by atoms with Crippen molar-refractivity contribution in [2.45, 2.75) is 19.5 Å². The topological polar surface area (TPSA) is 66.9 Å². The van der Waals surface area contributed by atoms with Crippen LogP contribution in [-0.4, -0.2) is 16.0 Å². The summed E-state index contributed by atoms with van der Waals surface area (Å²) in [6.45, 7) is 2.41. The number of rotatable bonds is 4. The van der Waals surface area contributed by atoms with E-state index < -0.39 is 0 Å². The van der Waals surface area contributed by atoms with E-state index in [1.165, 1.54) is 0 Å². The van der Waals surface area contributed by atoms with Gasteiger partial charge in [-0.3, -0.25) is 4.98 Å². The minimum atomic E-state index is -0.205. The largest absolute Gasteiger partial charge is 0.334 e. The van der Waals surface area contributed by atoms with Crippen LogP contribution < -0.4 is 10.6 Å². The Labute approximate surface area is 132 Å². The van der Waals surface area contributed by atoms with Gasteiger partial charge in [-0.15, -0.1) is 11.3 Å². The third kappa shape index (κ3) is 3.40. The standard InChI is InChI=1S/C16H16N4OS/c1-11(15-20-13-4-2-3-5-14(13)22-15)19-16(21)18-10-12-6-8-17-9-7-12/h2-9,11H,10H2,1H3,(H2,18,19,21). The van der Waals surface area contributed by atoms with Gasteiger partial charge in [0.25, 0.3) is 0 Å². The van der Waals surface area contributed by atoms with Crippen molar-refractivity contribution in [2.75, 3.05) is 0 Å². The number of thiazole rings is 1. The number of pyridine rings is 1. The SMILES string of the molecule is CC(NC(=O)NCc1ccncc1)c1nc2ccccc2s1. The van der Waals surface area contributed by atoms with Crippen LogP contribution in [-0.2, 0) is 6.54 Å². The van der Waals surface area contributed by atoms with Gasteiger partial charge >= 0.3 is 6.03 Å². The average Bonchev–Trinajstić information content (AvgIpc) is 2.98. The van der Waals surface area contributed by atoms with Crippen molar-refractivity contribution in [3.63, 3.8) is 0 Å². The molecule has 5 nitrogen and oxygen atoms in total. The number of carbonyl (C=O) groups is 1. The first-order valence-electron chi connectivity index (χ1n) is 7.01. The highest BCUT2D eigenvalue weighted by Crippen LogP contribution is 2.25. The van der Waals surface area contributed by atoms with E-state index in [4.69, 9.17) is 0 Å². The molecule has 1 unspecified atom stereocenters. The van der Waals surface area contributed by atoms with Crippen molar-refractivity contribution >= 4 is 27.6 Å². The van der Waals surface area contributed by atoms with Gasteiger partial charge in [0, 0.05) is 18.9 Å². The lowest BCUT2D eigenvalue weighted by molar-refractivity contribution is 0.237. The highest BCUT2D eigenvalue weighted by atomic mass is 32.1. The van der Waals surface area contributed by atoms with Crippen molar-refractivity contribution in [1.82, 2.24) is 20.6 Å². The Hall–Kier alpha value is -2.47. The van der Waals surface area contributed by atoms with Crippen LogP contribution in [0, 0.1) is 0 Å². The number of urea groups is 1. The molecule has 0 aliphatic heterocycles. The number of amides is 2. The highest BCUT2D eigenvalue weighted by molar-refractivity contribution is 7.18. The molecule has 2 aromatic heterocycles. The number of nitrogens with zero attached hydrogens (tertiary/aromatic N) is 2. The molecule has 112 valence electrons. The van der Waals surface area contributed by atoms with Gasteiger partial charge in [-0.2, -0.15) is 0 Å². The summed E-state index contributed by atoms with van der Waals surface area (Å²) < 4.78 is 1.13. The minimum absolute atomic E-state index is 0.130. The molecule has 2 amide bonds. The van der Waals surface area contributed by atoms with Crippen LogP contribution in [0.4, 0.5) is 4.79 Å². The summed E-state index contributed by atoms with van der Waals surface area (Å²) >= 11 is 1.60. The Kier molecular flexibility index (Phi) is 4.29. The molecule has 6 heteroatoms. The van der Waals surface area contributed by atoms with Crippen LogP contribution in [0.3, 0.4) is 0 Å². The zero-order valence-electron chi connectivity index (χ0n) is 12.1. The Morgan fingerprint density at radius 2 is 2.00 bits per heavy atom. The lowest BCUT2D eigenvalue weighted by Gasteiger charge is -2.12. The number of fused-ring (bicyclic) bond motifs is 1. The Morgan fingerprint density at radius 1 is 1.23 bits per heavy atom. The lowest BCUT2D eigenvalue weighted by atomic mass is 10.3. The average molecular weight is 312 g/mol. The summed E-state index contributed by atoms with van der Waals surface area (Å²) in [5.41, 5.74) is 1.98. The quantitative estimate of drug-likeness (QED) is 0.777. The second-order valence-electron chi connectivity index (χ2n) is 4.92. The Balaban J connectivity index is 1.58. The molecule has 1 atom stereocenters. The maximum atomic E-state index is 12.0. The molecule has 2 heterocycles. The minimum Gasteiger partial charge on any atom is -0.334 e. The first-order chi connectivity index (χ1) is 10.7. The van der Waals surface area contributed by atoms with Crippen molar-refractivity contribution < 1.29 is 4.79 Å². The number of para-hydroxylation sites is 1. The van der Waals surface area contributed by atoms with E-state index in [1.54, 1.807) is 23.7 Å². The first-order valence-corrected chi connectivity index (χ1v) is 7.83. The number of carbonyl (C=O) groups excluding carboxylic acids is 1. The molecule has 22 heavy (non-hydrogen) atoms. The molecule has 0 radical (unpaired) electrons. The Morgan fingerprint density at radius 3 is 2.77 bits per heavy atom. The van der Waals surface area contributed by atoms with Crippen LogP contribution >= 0.6 is 11.3 Å². The molecule has 3 aromatic rings. The fraction of sp³-hybridized carbons (Fsp3) is 0.188. The zero-order valence-corrected chi connectivity index (χ0v) is 12.9. The molecule has 0 aliphatic carbocycles. The van der Waals surface area contributed by atoms with E-state index in [0.717, 1.165) is 20.8 Å². The van der Waals surface area contributed by atoms with Gasteiger partial charge in [0.05, 0.1) is 16.3 Å². The van der Waals surface area contributed by atoms with E-state index in [-0.39, 0.29) is 12.1 Å². The van der Waals surface area contributed by atoms with Crippen molar-refractivity contribution in [1.29, 1.82) is 0 Å². The van der Waals surface area contributed by atoms with E-state index in [1.807, 2.05) is 43.3 Å². The fourth-order valence-electron chi connectivity index (χ4n) is 2.07. The van der Waals surface area contributed by atoms with Crippen LogP contribution in [0.25, 0.3) is 10.2 Å². The molecule has 0 bridgehead atoms. The summed E-state index contributed by atoms with van der Waals surface area (Å²) in [6, 6.07) is 11.4. The van der Waals surface area contributed by atoms with Gasteiger partial charge < -0.3 is 10.6 Å². The molecular formula is C16H16N4OS. The van der Waals surface area contributed by atoms with Crippen LogP contribution in [0.15, 0.2) is 48.8 Å². The van der Waals surface area contributed by atoms with E-state index in [2.05, 4.69) is 20.6 Å². The molecule has 0 saturated heterocycles. The van der Waals surface area contributed by atoms with Crippen molar-refractivity contribution in [3.05, 3.63) is 59.4 Å². The van der Waals surface area contributed by atoms with Crippen molar-refractivity contribution in [2.24, 2.45) is 0 Å². The highest BCUT2D eigenvalue weighted by Gasteiger charge is 2.13. The maximum Gasteiger partial charge on any atom is 0.315 e. The molecule has 0 fully saturated rings. The van der Waals surface area contributed by atoms with Gasteiger partial charge in [0.15, 0.2) is 0 Å². The van der Waals surface area contributed by atoms with Gasteiger partial charge in [-0.1, -0.05) is 12.1 Å². The van der Waals surface area contributed by atoms with Gasteiger partial charge in [-0.05, 0) is 36.8 Å². The molecule has 1 aromatic carbocycles. The monoisotopic (exact) mass is 312 g/mol. The second kappa shape index (κ2) is 6.53. The van der Waals surface area contributed by atoms with E-state index in [9.17, 15) is 4.79 Å². The zero-order chi connectivity index (χ0) is 15.4. The van der Waals surface area contributed by atoms with Crippen molar-refractivity contribution in [3.8, 4) is 0 Å².